The van der Waals surface area contributed by atoms with E-state index in [1.54, 1.807) is 0 Å². The molecule has 3 aliphatic rings. The number of hydrogen-bond acceptors (Lipinski definition) is 3. The van der Waals surface area contributed by atoms with E-state index in [4.69, 9.17) is 0 Å². The van der Waals surface area contributed by atoms with E-state index in [1.807, 2.05) is 11.3 Å². The molecule has 1 aromatic heterocycles. The molecular weight excluding hydrogens is 276 g/mol. The van der Waals surface area contributed by atoms with Crippen molar-refractivity contribution >= 4 is 11.3 Å². The van der Waals surface area contributed by atoms with Gasteiger partial charge in [0.15, 0.2) is 0 Å². The minimum Gasteiger partial charge on any atom is -0.309 e. The number of thiophene rings is 1. The largest absolute Gasteiger partial charge is 0.309 e. The van der Waals surface area contributed by atoms with Crippen molar-refractivity contribution in [3.8, 4) is 0 Å². The molecular formula is C18H30N2S. The highest BCUT2D eigenvalue weighted by Gasteiger charge is 2.55. The Balaban J connectivity index is 1.53. The van der Waals surface area contributed by atoms with E-state index >= 15 is 0 Å². The predicted molar refractivity (Wildman–Crippen MR) is 91.5 cm³/mol. The Morgan fingerprint density at radius 1 is 1.33 bits per heavy atom. The summed E-state index contributed by atoms with van der Waals surface area (Å²) in [6.07, 6.45) is 2.85. The Bertz CT molecular complexity index is 491. The van der Waals surface area contributed by atoms with E-state index in [0.717, 1.165) is 36.9 Å². The molecule has 0 saturated heterocycles. The molecule has 0 spiro atoms. The monoisotopic (exact) mass is 306 g/mol. The average Bonchev–Trinajstić information content (AvgIpc) is 2.83. The molecule has 3 aliphatic carbocycles. The van der Waals surface area contributed by atoms with Gasteiger partial charge in [0.05, 0.1) is 0 Å². The first-order valence-electron chi connectivity index (χ1n) is 8.32. The first kappa shape index (κ1) is 15.5. The Hall–Kier alpha value is -0.380. The summed E-state index contributed by atoms with van der Waals surface area (Å²) in [5.74, 6) is 2.71. The van der Waals surface area contributed by atoms with Crippen molar-refractivity contribution in [1.82, 2.24) is 10.2 Å². The number of nitrogens with one attached hydrogen (secondary N) is 1. The highest BCUT2D eigenvalue weighted by Crippen LogP contribution is 2.61. The van der Waals surface area contributed by atoms with Crippen LogP contribution in [0, 0.1) is 23.2 Å². The summed E-state index contributed by atoms with van der Waals surface area (Å²) in [4.78, 5) is 3.72. The number of fused-ring (bicyclic) bond motifs is 2. The molecule has 3 heteroatoms. The third-order valence-electron chi connectivity index (χ3n) is 6.10. The fourth-order valence-corrected chi connectivity index (χ4v) is 5.45. The van der Waals surface area contributed by atoms with Crippen LogP contribution in [0.1, 0.15) is 44.1 Å². The van der Waals surface area contributed by atoms with E-state index in [9.17, 15) is 0 Å². The summed E-state index contributed by atoms with van der Waals surface area (Å²) in [6, 6.07) is 3.09. The summed E-state index contributed by atoms with van der Waals surface area (Å²) in [5.41, 5.74) is 2.04. The maximum Gasteiger partial charge on any atom is 0.0302 e. The summed E-state index contributed by atoms with van der Waals surface area (Å²) >= 11 is 1.90. The van der Waals surface area contributed by atoms with Gasteiger partial charge in [0, 0.05) is 24.0 Å². The van der Waals surface area contributed by atoms with Gasteiger partial charge in [-0.05, 0) is 67.1 Å². The van der Waals surface area contributed by atoms with Gasteiger partial charge in [-0.25, -0.2) is 0 Å². The average molecular weight is 307 g/mol. The molecule has 0 radical (unpaired) electrons. The van der Waals surface area contributed by atoms with Crippen LogP contribution < -0.4 is 5.32 Å². The Labute approximate surface area is 133 Å². The molecule has 0 aliphatic heterocycles. The molecule has 3 fully saturated rings. The van der Waals surface area contributed by atoms with E-state index in [-0.39, 0.29) is 0 Å². The van der Waals surface area contributed by atoms with Crippen LogP contribution in [-0.2, 0) is 13.1 Å². The van der Waals surface area contributed by atoms with Gasteiger partial charge in [-0.3, -0.25) is 0 Å². The first-order chi connectivity index (χ1) is 9.88. The molecule has 2 nitrogen and oxygen atoms in total. The summed E-state index contributed by atoms with van der Waals surface area (Å²) in [7, 11) is 4.26. The lowest BCUT2D eigenvalue weighted by Gasteiger charge is -2.62. The van der Waals surface area contributed by atoms with Gasteiger partial charge in [0.1, 0.15) is 0 Å². The normalized spacial score (nSPS) is 34.0. The SMILES string of the molecule is CC1C(NCc2cc(CN(C)C)cs2)CC2CC1C2(C)C. The fourth-order valence-electron chi connectivity index (χ4n) is 4.62. The van der Waals surface area contributed by atoms with Crippen molar-refractivity contribution in [2.24, 2.45) is 23.2 Å². The summed E-state index contributed by atoms with van der Waals surface area (Å²) in [6.45, 7) is 9.52. The quantitative estimate of drug-likeness (QED) is 0.885. The maximum absolute atomic E-state index is 3.85. The zero-order valence-corrected chi connectivity index (χ0v) is 15.0. The highest BCUT2D eigenvalue weighted by molar-refractivity contribution is 7.10. The summed E-state index contributed by atoms with van der Waals surface area (Å²) in [5, 5.41) is 6.16. The molecule has 2 bridgehead atoms. The lowest BCUT2D eigenvalue weighted by atomic mass is 9.45. The van der Waals surface area contributed by atoms with Crippen LogP contribution >= 0.6 is 11.3 Å². The Kier molecular flexibility index (Phi) is 4.19. The molecule has 1 heterocycles. The zero-order valence-electron chi connectivity index (χ0n) is 14.1. The standard InChI is InChI=1S/C18H30N2S/c1-12-16-7-14(18(16,2)3)8-17(12)19-9-15-6-13(11-21-15)10-20(4)5/h6,11-12,14,16-17,19H,7-10H2,1-5H3. The molecule has 0 amide bonds. The van der Waals surface area contributed by atoms with Gasteiger partial charge >= 0.3 is 0 Å². The van der Waals surface area contributed by atoms with E-state index in [0.29, 0.717) is 5.41 Å². The lowest BCUT2D eigenvalue weighted by Crippen LogP contribution is -2.59. The van der Waals surface area contributed by atoms with Crippen molar-refractivity contribution in [3.63, 3.8) is 0 Å². The van der Waals surface area contributed by atoms with Gasteiger partial charge in [0.2, 0.25) is 0 Å². The number of hydrogen-bond donors (Lipinski definition) is 1. The molecule has 4 atom stereocenters. The number of nitrogens with zero attached hydrogens (tertiary/aromatic N) is 1. The molecule has 1 aromatic rings. The third kappa shape index (κ3) is 2.93. The maximum atomic E-state index is 3.85. The molecule has 3 saturated carbocycles. The molecule has 118 valence electrons. The van der Waals surface area contributed by atoms with Crippen molar-refractivity contribution < 1.29 is 0 Å². The van der Waals surface area contributed by atoms with Gasteiger partial charge < -0.3 is 10.2 Å². The number of rotatable bonds is 5. The van der Waals surface area contributed by atoms with Crippen LogP contribution in [0.3, 0.4) is 0 Å². The smallest absolute Gasteiger partial charge is 0.0302 e. The van der Waals surface area contributed by atoms with Crippen molar-refractivity contribution in [2.75, 3.05) is 14.1 Å². The first-order valence-corrected chi connectivity index (χ1v) is 9.20. The second kappa shape index (κ2) is 5.68. The van der Waals surface area contributed by atoms with Crippen LogP contribution in [0.4, 0.5) is 0 Å². The Morgan fingerprint density at radius 3 is 2.71 bits per heavy atom. The van der Waals surface area contributed by atoms with Crippen LogP contribution in [0.5, 0.6) is 0 Å². The predicted octanol–water partition coefficient (Wildman–Crippen LogP) is 3.97. The lowest BCUT2D eigenvalue weighted by molar-refractivity contribution is -0.115. The van der Waals surface area contributed by atoms with E-state index in [2.05, 4.69) is 56.5 Å². The van der Waals surface area contributed by atoms with Crippen molar-refractivity contribution in [2.45, 2.75) is 52.7 Å². The van der Waals surface area contributed by atoms with Gasteiger partial charge in [-0.2, -0.15) is 0 Å². The highest BCUT2D eigenvalue weighted by atomic mass is 32.1. The molecule has 1 N–H and O–H groups in total. The van der Waals surface area contributed by atoms with Crippen LogP contribution in [0.15, 0.2) is 11.4 Å². The Morgan fingerprint density at radius 2 is 2.10 bits per heavy atom. The zero-order chi connectivity index (χ0) is 15.2. The van der Waals surface area contributed by atoms with Crippen LogP contribution in [0.2, 0.25) is 0 Å². The van der Waals surface area contributed by atoms with Crippen LogP contribution in [0.25, 0.3) is 0 Å². The van der Waals surface area contributed by atoms with Crippen molar-refractivity contribution in [1.29, 1.82) is 0 Å². The summed E-state index contributed by atoms with van der Waals surface area (Å²) < 4.78 is 0. The molecule has 0 aromatic carbocycles. The second-order valence-electron chi connectivity index (χ2n) is 8.10. The van der Waals surface area contributed by atoms with Gasteiger partial charge in [-0.15, -0.1) is 11.3 Å². The van der Waals surface area contributed by atoms with E-state index < -0.39 is 0 Å². The van der Waals surface area contributed by atoms with Crippen LogP contribution in [-0.4, -0.2) is 25.0 Å². The second-order valence-corrected chi connectivity index (χ2v) is 9.10. The minimum atomic E-state index is 0.597. The third-order valence-corrected chi connectivity index (χ3v) is 7.08. The fraction of sp³-hybridized carbons (Fsp3) is 0.778. The molecule has 4 rings (SSSR count). The molecule has 21 heavy (non-hydrogen) atoms. The van der Waals surface area contributed by atoms with Gasteiger partial charge in [-0.1, -0.05) is 20.8 Å². The van der Waals surface area contributed by atoms with Crippen molar-refractivity contribution in [3.05, 3.63) is 21.9 Å². The topological polar surface area (TPSA) is 15.3 Å². The van der Waals surface area contributed by atoms with Gasteiger partial charge in [0.25, 0.3) is 0 Å². The van der Waals surface area contributed by atoms with E-state index in [1.165, 1.54) is 23.3 Å². The molecule has 4 unspecified atom stereocenters. The minimum absolute atomic E-state index is 0.597.